The molecule has 0 radical (unpaired) electrons. The zero-order valence-electron chi connectivity index (χ0n) is 58.9. The highest BCUT2D eigenvalue weighted by Gasteiger charge is 2.74. The van der Waals surface area contributed by atoms with Crippen LogP contribution in [0.2, 0.25) is 0 Å². The van der Waals surface area contributed by atoms with Gasteiger partial charge in [0.15, 0.2) is 43.8 Å². The molecule has 12 aliphatic rings. The highest BCUT2D eigenvalue weighted by atomic mass is 16.8. The second kappa shape index (κ2) is 30.2. The van der Waals surface area contributed by atoms with Crippen LogP contribution in [0.25, 0.3) is 0 Å². The molecule has 7 saturated heterocycles. The summed E-state index contributed by atoms with van der Waals surface area (Å²) in [5.74, 6) is -2.22. The summed E-state index contributed by atoms with van der Waals surface area (Å²) in [6.07, 6.45) is -52.6. The van der Waals surface area contributed by atoms with E-state index in [-0.39, 0.29) is 31.1 Å². The Morgan fingerprint density at radius 1 is 0.456 bits per heavy atom. The molecule has 7 aliphatic heterocycles. The zero-order valence-corrected chi connectivity index (χ0v) is 58.9. The van der Waals surface area contributed by atoms with Gasteiger partial charge >= 0.3 is 5.97 Å². The maximum atomic E-state index is 15.8. The number of carbonyl (C=O) groups is 1. The Balaban J connectivity index is 0.780. The van der Waals surface area contributed by atoms with Gasteiger partial charge in [-0.15, -0.1) is 0 Å². The van der Waals surface area contributed by atoms with Crippen LogP contribution in [0.5, 0.6) is 0 Å². The largest absolute Gasteiger partial charge is 0.432 e. The average molecular weight is 1490 g/mol. The summed E-state index contributed by atoms with van der Waals surface area (Å²) >= 11 is 0. The first-order valence-corrected chi connectivity index (χ1v) is 36.1. The van der Waals surface area contributed by atoms with E-state index in [4.69, 9.17) is 66.3 Å². The van der Waals surface area contributed by atoms with Crippen molar-refractivity contribution in [1.29, 1.82) is 0 Å². The lowest BCUT2D eigenvalue weighted by atomic mass is 9.33. The van der Waals surface area contributed by atoms with Crippen LogP contribution in [0.3, 0.4) is 0 Å². The molecule has 42 atom stereocenters. The lowest BCUT2D eigenvalue weighted by Crippen LogP contribution is -2.71. The van der Waals surface area contributed by atoms with E-state index in [1.54, 1.807) is 6.92 Å². The zero-order chi connectivity index (χ0) is 75.0. The van der Waals surface area contributed by atoms with Crippen molar-refractivity contribution < 1.29 is 173 Å². The molecule has 0 spiro atoms. The molecule has 0 unspecified atom stereocenters. The SMILES string of the molecule is C[C@@H]1O[C@@H](O[C@@H]2[C@@H](O)[C@H](O[C@@H]3[C@@H](O[C@@H]4OC[C@@H](O)[C@H](O)[C@H]4O)[C@@H](O)[C@H](O[C@H]4[C@H](OC(=O)[C@]56CCC(C)(C)C[C@H]5C5=CC[C@@H]7[C@@]8(C)C[C@H](O)[C@H](O[C@@H]9O[C@H](CO)[C@@H](O)[C@H](O[C@@H]%10OC[C@@H](O)[C@H](O)[C@H]%10O)[C@H]9O)[C@@](C)(CO)[C@@H]8CC[C@@]7(C)[C@]5(C)C[C@H]6O)OC[C@H](O)[C@@H]4O)O[C@H]3C)OC[C@H]2O)[C@H](O)[C@H](O)[C@H]1O. The van der Waals surface area contributed by atoms with Crippen molar-refractivity contribution in [3.05, 3.63) is 11.6 Å². The van der Waals surface area contributed by atoms with Crippen LogP contribution in [0.1, 0.15) is 107 Å². The number of fused-ring (bicyclic) bond motifs is 7. The second-order valence-corrected chi connectivity index (χ2v) is 33.0. The van der Waals surface area contributed by atoms with Gasteiger partial charge in [-0.2, -0.15) is 0 Å². The Labute approximate surface area is 594 Å². The van der Waals surface area contributed by atoms with Crippen molar-refractivity contribution in [1.82, 2.24) is 0 Å². The van der Waals surface area contributed by atoms with E-state index >= 15 is 4.79 Å². The van der Waals surface area contributed by atoms with Gasteiger partial charge in [-0.25, -0.2) is 0 Å². The first-order chi connectivity index (χ1) is 48.3. The number of ether oxygens (including phenoxy) is 14. The third kappa shape index (κ3) is 13.9. The molecule has 7 heterocycles. The highest BCUT2D eigenvalue weighted by molar-refractivity contribution is 5.80. The maximum Gasteiger partial charge on any atom is 0.317 e. The number of hydrogen-bond donors (Lipinski definition) is 20. The third-order valence-corrected chi connectivity index (χ3v) is 26.2. The first-order valence-electron chi connectivity index (χ1n) is 36.1. The topological polar surface area (TPSA) is 551 Å². The molecule has 20 N–H and O–H groups in total. The number of esters is 1. The van der Waals surface area contributed by atoms with Crippen LogP contribution in [0.15, 0.2) is 11.6 Å². The lowest BCUT2D eigenvalue weighted by molar-refractivity contribution is -0.393. The number of allylic oxidation sites excluding steroid dienone is 2. The summed E-state index contributed by atoms with van der Waals surface area (Å²) in [6.45, 7) is 11.5. The monoisotopic (exact) mass is 1490 g/mol. The Morgan fingerprint density at radius 3 is 1.58 bits per heavy atom. The van der Waals surface area contributed by atoms with Crippen molar-refractivity contribution in [3.63, 3.8) is 0 Å². The van der Waals surface area contributed by atoms with E-state index in [1.165, 1.54) is 13.8 Å². The summed E-state index contributed by atoms with van der Waals surface area (Å²) in [6, 6.07) is 0. The molecule has 35 nitrogen and oxygen atoms in total. The quantitative estimate of drug-likeness (QED) is 0.0388. The van der Waals surface area contributed by atoms with Crippen LogP contribution in [0.4, 0.5) is 0 Å². The van der Waals surface area contributed by atoms with Crippen molar-refractivity contribution >= 4 is 5.97 Å². The molecule has 5 aliphatic carbocycles. The lowest BCUT2D eigenvalue weighted by Gasteiger charge is -2.72. The minimum absolute atomic E-state index is 0.0428. The van der Waals surface area contributed by atoms with Gasteiger partial charge in [0.05, 0.1) is 70.2 Å². The van der Waals surface area contributed by atoms with Crippen LogP contribution in [-0.2, 0) is 71.1 Å². The van der Waals surface area contributed by atoms with E-state index in [0.717, 1.165) is 5.57 Å². The predicted octanol–water partition coefficient (Wildman–Crippen LogP) is -7.04. The van der Waals surface area contributed by atoms with Gasteiger partial charge in [0.25, 0.3) is 0 Å². The summed E-state index contributed by atoms with van der Waals surface area (Å²) < 4.78 is 83.6. The Hall–Kier alpha value is -2.11. The summed E-state index contributed by atoms with van der Waals surface area (Å²) in [4.78, 5) is 15.8. The van der Waals surface area contributed by atoms with Crippen molar-refractivity contribution in [3.8, 4) is 0 Å². The van der Waals surface area contributed by atoms with Crippen molar-refractivity contribution in [2.45, 2.75) is 316 Å². The first kappa shape index (κ1) is 80.4. The van der Waals surface area contributed by atoms with Crippen LogP contribution in [-0.4, -0.2) is 357 Å². The fourth-order valence-electron chi connectivity index (χ4n) is 20.0. The van der Waals surface area contributed by atoms with Gasteiger partial charge in [-0.3, -0.25) is 4.79 Å². The molecule has 592 valence electrons. The Morgan fingerprint density at radius 2 is 0.961 bits per heavy atom. The van der Waals surface area contributed by atoms with Crippen LogP contribution < -0.4 is 0 Å². The predicted molar refractivity (Wildman–Crippen MR) is 338 cm³/mol. The summed E-state index contributed by atoms with van der Waals surface area (Å²) in [5.41, 5.74) is -4.68. The molecule has 0 aromatic carbocycles. The molecule has 103 heavy (non-hydrogen) atoms. The second-order valence-electron chi connectivity index (χ2n) is 33.0. The van der Waals surface area contributed by atoms with E-state index in [9.17, 15) is 102 Å². The van der Waals surface area contributed by atoms with Gasteiger partial charge in [0.2, 0.25) is 6.29 Å². The molecule has 0 amide bonds. The smallest absolute Gasteiger partial charge is 0.317 e. The van der Waals surface area contributed by atoms with E-state index in [1.807, 2.05) is 0 Å². The Kier molecular flexibility index (Phi) is 23.6. The normalized spacial score (nSPS) is 56.0. The van der Waals surface area contributed by atoms with Crippen LogP contribution >= 0.6 is 0 Å². The minimum Gasteiger partial charge on any atom is -0.432 e. The molecule has 12 rings (SSSR count). The highest BCUT2D eigenvalue weighted by Crippen LogP contribution is 2.76. The number of aliphatic hydroxyl groups is 20. The van der Waals surface area contributed by atoms with E-state index in [0.29, 0.717) is 32.1 Å². The molecule has 4 saturated carbocycles. The summed E-state index contributed by atoms with van der Waals surface area (Å²) in [7, 11) is 0. The molecule has 35 heteroatoms. The van der Waals surface area contributed by atoms with Gasteiger partial charge < -0.3 is 168 Å². The minimum atomic E-state index is -2.11. The fraction of sp³-hybridized carbons (Fsp3) is 0.956. The number of rotatable bonds is 16. The molecule has 0 aromatic heterocycles. The van der Waals surface area contributed by atoms with Gasteiger partial charge in [-0.05, 0) is 105 Å². The van der Waals surface area contributed by atoms with Crippen molar-refractivity contribution in [2.24, 2.45) is 50.2 Å². The molecular weight excluding hydrogens is 1380 g/mol. The molecule has 0 bridgehead atoms. The fourth-order valence-corrected chi connectivity index (χ4v) is 20.0. The number of aliphatic hydroxyl groups excluding tert-OH is 20. The molecular formula is C68H110O35. The Bertz CT molecular complexity index is 2940. The third-order valence-electron chi connectivity index (χ3n) is 26.2. The molecule has 11 fully saturated rings. The van der Waals surface area contributed by atoms with Gasteiger partial charge in [-0.1, -0.05) is 53.2 Å². The standard InChI is InChI=1S/C68H110O35/c1-24-37(77)42(82)45(85)58(94-24)98-50-32(75)22-92-57(46(50)86)97-49-25(2)95-59(48(88)52(49)100-56-44(84)39(79)30(73)20-91-56)101-53-40(80)31(74)21-93-61(53)103-62(89)68-14-13-63(3,4)15-27(68)26-9-10-35-64(5)16-28(71)54(65(6,23-70)34(64)11-12-66(35,7)67(26,8)17-36(68)76)102-60-47(87)51(41(81)33(18-69)96-60)99-55-43(83)38(78)29(72)19-90-55/h9,24-25,27-61,69-88H,10-23H2,1-8H3/t24-,25-,27-,28-,29+,30+,31-,32+,33+,34+,35+,36+,37-,38-,39-,40-,41+,42+,43+,44+,45+,46+,47+,48+,49-,50-,51-,52-,53+,54-,55-,56-,57-,58-,59-,60-,61-,64-,65-,66+,67+,68+/m0/s1. The molecule has 0 aromatic rings. The average Bonchev–Trinajstić information content (AvgIpc) is 0.669. The van der Waals surface area contributed by atoms with Gasteiger partial charge in [0, 0.05) is 5.41 Å². The maximum absolute atomic E-state index is 15.8. The summed E-state index contributed by atoms with van der Waals surface area (Å²) in [5, 5.41) is 224. The van der Waals surface area contributed by atoms with Gasteiger partial charge in [0.1, 0.15) is 134 Å². The number of carbonyl (C=O) groups excluding carboxylic acids is 1. The van der Waals surface area contributed by atoms with E-state index in [2.05, 4.69) is 40.7 Å². The van der Waals surface area contributed by atoms with Crippen LogP contribution in [0, 0.1) is 50.2 Å². The van der Waals surface area contributed by atoms with E-state index < -0.39 is 293 Å². The van der Waals surface area contributed by atoms with Crippen molar-refractivity contribution in [2.75, 3.05) is 39.6 Å². The number of hydrogen-bond acceptors (Lipinski definition) is 35.